The number of hydrogen-bond donors (Lipinski definition) is 0. The predicted octanol–water partition coefficient (Wildman–Crippen LogP) is 4.55. The molecular weight excluding hydrogens is 338 g/mol. The zero-order chi connectivity index (χ0) is 18.8. The zero-order valence-corrected chi connectivity index (χ0v) is 15.3. The minimum absolute atomic E-state index is 0.114. The molecule has 1 aromatic heterocycles. The van der Waals surface area contributed by atoms with E-state index in [1.54, 1.807) is 6.08 Å². The van der Waals surface area contributed by atoms with Gasteiger partial charge in [0.05, 0.1) is 0 Å². The molecule has 1 aliphatic heterocycles. The maximum atomic E-state index is 12.4. The lowest BCUT2D eigenvalue weighted by Crippen LogP contribution is -2.27. The summed E-state index contributed by atoms with van der Waals surface area (Å²) in [6.45, 7) is 6.32. The van der Waals surface area contributed by atoms with E-state index < -0.39 is 0 Å². The van der Waals surface area contributed by atoms with Crippen molar-refractivity contribution in [1.29, 1.82) is 0 Å². The summed E-state index contributed by atoms with van der Waals surface area (Å²) in [7, 11) is 0. The van der Waals surface area contributed by atoms with Crippen molar-refractivity contribution in [3.63, 3.8) is 0 Å². The number of amides is 1. The van der Waals surface area contributed by atoms with Crippen molar-refractivity contribution < 1.29 is 9.32 Å². The maximum Gasteiger partial charge on any atom is 0.249 e. The van der Waals surface area contributed by atoms with Crippen molar-refractivity contribution in [2.45, 2.75) is 32.4 Å². The van der Waals surface area contributed by atoms with E-state index >= 15 is 0 Å². The van der Waals surface area contributed by atoms with Crippen molar-refractivity contribution >= 4 is 12.0 Å². The SMILES string of the molecule is C=Cc1ccc(CN2C(=O)CCC2c2nc(-c3ccccc3C)no2)cc1. The molecule has 1 aliphatic rings. The number of carbonyl (C=O) groups is 1. The van der Waals surface area contributed by atoms with Crippen LogP contribution in [0.3, 0.4) is 0 Å². The van der Waals surface area contributed by atoms with Gasteiger partial charge in [-0.25, -0.2) is 0 Å². The number of aryl methyl sites for hydroxylation is 1. The highest BCUT2D eigenvalue weighted by atomic mass is 16.5. The summed E-state index contributed by atoms with van der Waals surface area (Å²) in [5, 5.41) is 4.15. The molecule has 0 spiro atoms. The van der Waals surface area contributed by atoms with Gasteiger partial charge in [0.2, 0.25) is 17.6 Å². The van der Waals surface area contributed by atoms with E-state index in [1.807, 2.05) is 60.4 Å². The van der Waals surface area contributed by atoms with E-state index in [9.17, 15) is 4.79 Å². The molecule has 0 aliphatic carbocycles. The Morgan fingerprint density at radius 2 is 2.00 bits per heavy atom. The van der Waals surface area contributed by atoms with Gasteiger partial charge >= 0.3 is 0 Å². The van der Waals surface area contributed by atoms with Gasteiger partial charge in [-0.3, -0.25) is 4.79 Å². The molecule has 0 N–H and O–H groups in total. The highest BCUT2D eigenvalue weighted by molar-refractivity contribution is 5.79. The summed E-state index contributed by atoms with van der Waals surface area (Å²) in [6.07, 6.45) is 3.00. The molecule has 1 fully saturated rings. The molecule has 0 radical (unpaired) electrons. The van der Waals surface area contributed by atoms with Crippen molar-refractivity contribution in [2.24, 2.45) is 0 Å². The van der Waals surface area contributed by atoms with Crippen LogP contribution in [0, 0.1) is 6.92 Å². The smallest absolute Gasteiger partial charge is 0.249 e. The first-order valence-electron chi connectivity index (χ1n) is 9.06. The molecule has 0 bridgehead atoms. The van der Waals surface area contributed by atoms with Gasteiger partial charge in [-0.1, -0.05) is 66.3 Å². The fraction of sp³-hybridized carbons (Fsp3) is 0.227. The van der Waals surface area contributed by atoms with Crippen LogP contribution < -0.4 is 0 Å². The van der Waals surface area contributed by atoms with E-state index in [4.69, 9.17) is 4.52 Å². The molecule has 1 atom stereocenters. The highest BCUT2D eigenvalue weighted by Gasteiger charge is 2.36. The Kier molecular flexibility index (Phi) is 4.59. The Balaban J connectivity index is 1.58. The standard InChI is InChI=1S/C22H21N3O2/c1-3-16-8-10-17(11-9-16)14-25-19(12-13-20(25)26)22-23-21(24-27-22)18-7-5-4-6-15(18)2/h3-11,19H,1,12-14H2,2H3. The maximum absolute atomic E-state index is 12.4. The number of benzene rings is 2. The third kappa shape index (κ3) is 3.40. The number of rotatable bonds is 5. The molecule has 27 heavy (non-hydrogen) atoms. The van der Waals surface area contributed by atoms with E-state index in [-0.39, 0.29) is 11.9 Å². The van der Waals surface area contributed by atoms with Crippen molar-refractivity contribution in [3.8, 4) is 11.4 Å². The zero-order valence-electron chi connectivity index (χ0n) is 15.3. The first kappa shape index (κ1) is 17.2. The van der Waals surface area contributed by atoms with Crippen molar-refractivity contribution in [3.05, 3.63) is 77.7 Å². The Morgan fingerprint density at radius 3 is 2.74 bits per heavy atom. The van der Waals surface area contributed by atoms with Gasteiger partial charge in [0, 0.05) is 18.5 Å². The second kappa shape index (κ2) is 7.19. The lowest BCUT2D eigenvalue weighted by molar-refractivity contribution is -0.129. The summed E-state index contributed by atoms with van der Waals surface area (Å²) >= 11 is 0. The van der Waals surface area contributed by atoms with Gasteiger partial charge in [0.1, 0.15) is 6.04 Å². The third-order valence-corrected chi connectivity index (χ3v) is 5.01. The van der Waals surface area contributed by atoms with Crippen LogP contribution in [-0.4, -0.2) is 20.9 Å². The van der Waals surface area contributed by atoms with E-state index in [2.05, 4.69) is 16.7 Å². The van der Waals surface area contributed by atoms with Crippen LogP contribution in [0.15, 0.2) is 59.6 Å². The molecule has 3 aromatic rings. The molecule has 1 unspecified atom stereocenters. The summed E-state index contributed by atoms with van der Waals surface area (Å²) in [5.74, 6) is 1.18. The minimum atomic E-state index is -0.179. The van der Waals surface area contributed by atoms with Gasteiger partial charge in [-0.2, -0.15) is 4.98 Å². The van der Waals surface area contributed by atoms with Gasteiger partial charge in [-0.05, 0) is 30.0 Å². The average molecular weight is 359 g/mol. The Hall–Kier alpha value is -3.21. The molecule has 5 nitrogen and oxygen atoms in total. The summed E-state index contributed by atoms with van der Waals surface area (Å²) in [4.78, 5) is 18.9. The van der Waals surface area contributed by atoms with E-state index in [0.29, 0.717) is 31.1 Å². The number of hydrogen-bond acceptors (Lipinski definition) is 4. The van der Waals surface area contributed by atoms with Crippen LogP contribution in [0.2, 0.25) is 0 Å². The van der Waals surface area contributed by atoms with Crippen LogP contribution >= 0.6 is 0 Å². The molecule has 1 saturated heterocycles. The predicted molar refractivity (Wildman–Crippen MR) is 104 cm³/mol. The summed E-state index contributed by atoms with van der Waals surface area (Å²) in [5.41, 5.74) is 4.16. The monoisotopic (exact) mass is 359 g/mol. The van der Waals surface area contributed by atoms with Gasteiger partial charge in [0.25, 0.3) is 0 Å². The fourth-order valence-electron chi connectivity index (χ4n) is 3.45. The molecule has 2 aromatic carbocycles. The van der Waals surface area contributed by atoms with Crippen LogP contribution in [-0.2, 0) is 11.3 Å². The van der Waals surface area contributed by atoms with Crippen molar-refractivity contribution in [2.75, 3.05) is 0 Å². The quantitative estimate of drug-likeness (QED) is 0.670. The van der Waals surface area contributed by atoms with Crippen LogP contribution in [0.4, 0.5) is 0 Å². The normalized spacial score (nSPS) is 16.7. The lowest BCUT2D eigenvalue weighted by Gasteiger charge is -2.22. The molecule has 136 valence electrons. The fourth-order valence-corrected chi connectivity index (χ4v) is 3.45. The molecule has 0 saturated carbocycles. The molecule has 4 rings (SSSR count). The number of aromatic nitrogens is 2. The molecular formula is C22H21N3O2. The number of carbonyl (C=O) groups excluding carboxylic acids is 1. The Labute approximate surface area is 158 Å². The second-order valence-corrected chi connectivity index (χ2v) is 6.79. The highest BCUT2D eigenvalue weighted by Crippen LogP contribution is 2.34. The molecule has 5 heteroatoms. The number of nitrogens with zero attached hydrogens (tertiary/aromatic N) is 3. The largest absolute Gasteiger partial charge is 0.337 e. The van der Waals surface area contributed by atoms with Gasteiger partial charge < -0.3 is 9.42 Å². The number of likely N-dealkylation sites (tertiary alicyclic amines) is 1. The van der Waals surface area contributed by atoms with Crippen LogP contribution in [0.25, 0.3) is 17.5 Å². The topological polar surface area (TPSA) is 59.2 Å². The van der Waals surface area contributed by atoms with Crippen LogP contribution in [0.5, 0.6) is 0 Å². The first-order chi connectivity index (χ1) is 13.2. The molecule has 1 amide bonds. The lowest BCUT2D eigenvalue weighted by atomic mass is 10.1. The van der Waals surface area contributed by atoms with Gasteiger partial charge in [0.15, 0.2) is 0 Å². The Morgan fingerprint density at radius 1 is 1.22 bits per heavy atom. The molecule has 2 heterocycles. The van der Waals surface area contributed by atoms with E-state index in [0.717, 1.165) is 22.3 Å². The Bertz CT molecular complexity index is 975. The summed E-state index contributed by atoms with van der Waals surface area (Å²) in [6, 6.07) is 15.8. The van der Waals surface area contributed by atoms with Gasteiger partial charge in [-0.15, -0.1) is 0 Å². The van der Waals surface area contributed by atoms with Crippen LogP contribution in [0.1, 0.15) is 41.5 Å². The minimum Gasteiger partial charge on any atom is -0.337 e. The van der Waals surface area contributed by atoms with Crippen molar-refractivity contribution in [1.82, 2.24) is 15.0 Å². The second-order valence-electron chi connectivity index (χ2n) is 6.79. The first-order valence-corrected chi connectivity index (χ1v) is 9.06. The average Bonchev–Trinajstić information content (AvgIpc) is 3.30. The third-order valence-electron chi connectivity index (χ3n) is 5.01. The summed E-state index contributed by atoms with van der Waals surface area (Å²) < 4.78 is 5.54. The van der Waals surface area contributed by atoms with E-state index in [1.165, 1.54) is 0 Å².